The summed E-state index contributed by atoms with van der Waals surface area (Å²) in [6, 6.07) is 8.41. The summed E-state index contributed by atoms with van der Waals surface area (Å²) >= 11 is 0. The average molecular weight is 299 g/mol. The van der Waals surface area contributed by atoms with Crippen LogP contribution in [-0.4, -0.2) is 43.7 Å². The number of carbonyl (C=O) groups excluding carboxylic acids is 1. The Hall–Kier alpha value is -1.10. The third-order valence-electron chi connectivity index (χ3n) is 3.43. The van der Waals surface area contributed by atoms with E-state index in [1.54, 1.807) is 4.90 Å². The van der Waals surface area contributed by atoms with Gasteiger partial charge in [-0.3, -0.25) is 4.79 Å². The van der Waals surface area contributed by atoms with Crippen LogP contribution in [0.15, 0.2) is 24.3 Å². The Morgan fingerprint density at radius 1 is 1.35 bits per heavy atom. The van der Waals surface area contributed by atoms with Gasteiger partial charge in [0.15, 0.2) is 0 Å². The molecule has 0 radical (unpaired) electrons. The Labute approximate surface area is 126 Å². The first-order chi connectivity index (χ1) is 9.20. The minimum absolute atomic E-state index is 0. The predicted octanol–water partition coefficient (Wildman–Crippen LogP) is 1.62. The van der Waals surface area contributed by atoms with Crippen molar-refractivity contribution in [3.8, 4) is 0 Å². The number of nitrogens with zero attached hydrogens (tertiary/aromatic N) is 1. The number of ether oxygens (including phenoxy) is 1. The minimum atomic E-state index is -0.339. The van der Waals surface area contributed by atoms with Gasteiger partial charge in [-0.05, 0) is 17.5 Å². The van der Waals surface area contributed by atoms with E-state index in [4.69, 9.17) is 4.74 Å². The molecular weight excluding hydrogens is 276 g/mol. The standard InChI is InChI=1S/C15H22N2O2.ClH/c1-3-12-4-6-13(7-5-12)11-17(2)15(18)14-10-16-8-9-19-14;/h4-7,14,16H,3,8-11H2,1-2H3;1H. The zero-order chi connectivity index (χ0) is 13.7. The van der Waals surface area contributed by atoms with Gasteiger partial charge in [-0.1, -0.05) is 31.2 Å². The highest BCUT2D eigenvalue weighted by Gasteiger charge is 2.24. The van der Waals surface area contributed by atoms with Crippen molar-refractivity contribution < 1.29 is 9.53 Å². The lowest BCUT2D eigenvalue weighted by atomic mass is 10.1. The fourth-order valence-electron chi connectivity index (χ4n) is 2.20. The van der Waals surface area contributed by atoms with E-state index in [-0.39, 0.29) is 24.4 Å². The van der Waals surface area contributed by atoms with Crippen LogP contribution in [0.25, 0.3) is 0 Å². The van der Waals surface area contributed by atoms with Crippen LogP contribution in [0.2, 0.25) is 0 Å². The van der Waals surface area contributed by atoms with Gasteiger partial charge in [0.25, 0.3) is 5.91 Å². The number of hydrogen-bond donors (Lipinski definition) is 1. The summed E-state index contributed by atoms with van der Waals surface area (Å²) in [6.45, 7) is 4.81. The van der Waals surface area contributed by atoms with Crippen molar-refractivity contribution in [2.24, 2.45) is 0 Å². The number of nitrogens with one attached hydrogen (secondary N) is 1. The molecular formula is C15H23ClN2O2. The highest BCUT2D eigenvalue weighted by molar-refractivity contribution is 5.85. The molecule has 1 N–H and O–H groups in total. The van der Waals surface area contributed by atoms with Gasteiger partial charge in [0, 0.05) is 26.7 Å². The van der Waals surface area contributed by atoms with Gasteiger partial charge in [-0.15, -0.1) is 12.4 Å². The van der Waals surface area contributed by atoms with Gasteiger partial charge in [-0.2, -0.15) is 0 Å². The molecule has 1 heterocycles. The lowest BCUT2D eigenvalue weighted by Crippen LogP contribution is -2.48. The lowest BCUT2D eigenvalue weighted by molar-refractivity contribution is -0.144. The van der Waals surface area contributed by atoms with E-state index >= 15 is 0 Å². The number of halogens is 1. The maximum atomic E-state index is 12.2. The quantitative estimate of drug-likeness (QED) is 0.918. The molecule has 0 aromatic heterocycles. The Morgan fingerprint density at radius 3 is 2.55 bits per heavy atom. The Balaban J connectivity index is 0.00000200. The SMILES string of the molecule is CCc1ccc(CN(C)C(=O)C2CNCCO2)cc1.Cl. The molecule has 0 bridgehead atoms. The van der Waals surface area contributed by atoms with E-state index < -0.39 is 0 Å². The Kier molecular flexibility index (Phi) is 6.99. The number of carbonyl (C=O) groups is 1. The molecule has 5 heteroatoms. The highest BCUT2D eigenvalue weighted by atomic mass is 35.5. The normalized spacial score (nSPS) is 18.2. The molecule has 1 fully saturated rings. The van der Waals surface area contributed by atoms with E-state index in [2.05, 4.69) is 36.5 Å². The molecule has 1 aromatic carbocycles. The molecule has 4 nitrogen and oxygen atoms in total. The number of morpholine rings is 1. The van der Waals surface area contributed by atoms with Crippen LogP contribution >= 0.6 is 12.4 Å². The molecule has 0 spiro atoms. The van der Waals surface area contributed by atoms with E-state index in [0.29, 0.717) is 19.7 Å². The van der Waals surface area contributed by atoms with Crippen LogP contribution in [0.1, 0.15) is 18.1 Å². The zero-order valence-corrected chi connectivity index (χ0v) is 12.9. The number of benzene rings is 1. The highest BCUT2D eigenvalue weighted by Crippen LogP contribution is 2.09. The van der Waals surface area contributed by atoms with Gasteiger partial charge in [0.05, 0.1) is 6.61 Å². The summed E-state index contributed by atoms with van der Waals surface area (Å²) in [4.78, 5) is 13.9. The van der Waals surface area contributed by atoms with Crippen LogP contribution in [-0.2, 0) is 22.5 Å². The van der Waals surface area contributed by atoms with E-state index in [1.165, 1.54) is 5.56 Å². The Bertz CT molecular complexity index is 416. The molecule has 0 aliphatic carbocycles. The van der Waals surface area contributed by atoms with Crippen LogP contribution in [0.3, 0.4) is 0 Å². The summed E-state index contributed by atoms with van der Waals surface area (Å²) in [5.74, 6) is 0.0479. The maximum Gasteiger partial charge on any atom is 0.253 e. The van der Waals surface area contributed by atoms with Crippen molar-refractivity contribution in [2.75, 3.05) is 26.7 Å². The second kappa shape index (κ2) is 8.25. The lowest BCUT2D eigenvalue weighted by Gasteiger charge is -2.27. The van der Waals surface area contributed by atoms with Crippen molar-refractivity contribution in [3.63, 3.8) is 0 Å². The summed E-state index contributed by atoms with van der Waals surface area (Å²) in [6.07, 6.45) is 0.699. The molecule has 1 aromatic rings. The fourth-order valence-corrected chi connectivity index (χ4v) is 2.20. The van der Waals surface area contributed by atoms with Gasteiger partial charge >= 0.3 is 0 Å². The van der Waals surface area contributed by atoms with Crippen molar-refractivity contribution >= 4 is 18.3 Å². The number of likely N-dealkylation sites (N-methyl/N-ethyl adjacent to an activating group) is 1. The average Bonchev–Trinajstić information content (AvgIpc) is 2.48. The van der Waals surface area contributed by atoms with Gasteiger partial charge in [0.2, 0.25) is 0 Å². The zero-order valence-electron chi connectivity index (χ0n) is 12.1. The number of amides is 1. The molecule has 2 rings (SSSR count). The van der Waals surface area contributed by atoms with Crippen LogP contribution in [0.5, 0.6) is 0 Å². The monoisotopic (exact) mass is 298 g/mol. The molecule has 0 saturated carbocycles. The summed E-state index contributed by atoms with van der Waals surface area (Å²) in [5, 5.41) is 3.18. The molecule has 1 unspecified atom stereocenters. The van der Waals surface area contributed by atoms with Crippen molar-refractivity contribution in [2.45, 2.75) is 26.0 Å². The van der Waals surface area contributed by atoms with E-state index in [1.807, 2.05) is 7.05 Å². The third kappa shape index (κ3) is 4.47. The number of aryl methyl sites for hydroxylation is 1. The molecule has 112 valence electrons. The van der Waals surface area contributed by atoms with Crippen molar-refractivity contribution in [1.82, 2.24) is 10.2 Å². The maximum absolute atomic E-state index is 12.2. The largest absolute Gasteiger partial charge is 0.366 e. The van der Waals surface area contributed by atoms with Gasteiger partial charge in [0.1, 0.15) is 6.10 Å². The van der Waals surface area contributed by atoms with E-state index in [0.717, 1.165) is 18.5 Å². The van der Waals surface area contributed by atoms with Crippen molar-refractivity contribution in [3.05, 3.63) is 35.4 Å². The summed E-state index contributed by atoms with van der Waals surface area (Å²) in [7, 11) is 1.83. The van der Waals surface area contributed by atoms with E-state index in [9.17, 15) is 4.79 Å². The minimum Gasteiger partial charge on any atom is -0.366 e. The molecule has 20 heavy (non-hydrogen) atoms. The first kappa shape index (κ1) is 17.0. The Morgan fingerprint density at radius 2 is 2.00 bits per heavy atom. The molecule has 1 atom stereocenters. The summed E-state index contributed by atoms with van der Waals surface area (Å²) in [5.41, 5.74) is 2.47. The second-order valence-corrected chi connectivity index (χ2v) is 4.93. The smallest absolute Gasteiger partial charge is 0.253 e. The molecule has 1 aliphatic heterocycles. The first-order valence-electron chi connectivity index (χ1n) is 6.86. The number of rotatable bonds is 4. The van der Waals surface area contributed by atoms with Crippen LogP contribution < -0.4 is 5.32 Å². The predicted molar refractivity (Wildman–Crippen MR) is 82.2 cm³/mol. The topological polar surface area (TPSA) is 41.6 Å². The van der Waals surface area contributed by atoms with Crippen LogP contribution in [0.4, 0.5) is 0 Å². The summed E-state index contributed by atoms with van der Waals surface area (Å²) < 4.78 is 5.48. The van der Waals surface area contributed by atoms with Crippen molar-refractivity contribution in [1.29, 1.82) is 0 Å². The number of hydrogen-bond acceptors (Lipinski definition) is 3. The van der Waals surface area contributed by atoms with Gasteiger partial charge < -0.3 is 15.0 Å². The third-order valence-corrected chi connectivity index (χ3v) is 3.43. The second-order valence-electron chi connectivity index (χ2n) is 4.93. The van der Waals surface area contributed by atoms with Crippen LogP contribution in [0, 0.1) is 0 Å². The fraction of sp³-hybridized carbons (Fsp3) is 0.533. The molecule has 1 amide bonds. The van der Waals surface area contributed by atoms with Gasteiger partial charge in [-0.25, -0.2) is 0 Å². The first-order valence-corrected chi connectivity index (χ1v) is 6.86. The molecule has 1 saturated heterocycles. The molecule has 1 aliphatic rings.